The van der Waals surface area contributed by atoms with Gasteiger partial charge in [0.25, 0.3) is 5.91 Å². The zero-order valence-corrected chi connectivity index (χ0v) is 19.0. The Labute approximate surface area is 205 Å². The van der Waals surface area contributed by atoms with Crippen molar-refractivity contribution in [1.29, 1.82) is 0 Å². The van der Waals surface area contributed by atoms with Gasteiger partial charge in [-0.3, -0.25) is 14.5 Å². The minimum atomic E-state index is -4.65. The Morgan fingerprint density at radius 2 is 1.47 bits per heavy atom. The number of fused-ring (bicyclic) bond motifs is 2. The maximum absolute atomic E-state index is 13.9. The van der Waals surface area contributed by atoms with Crippen molar-refractivity contribution in [3.8, 4) is 0 Å². The third-order valence-corrected chi connectivity index (χ3v) is 7.50. The average molecular weight is 522 g/mol. The lowest BCUT2D eigenvalue weighted by Gasteiger charge is -2.33. The molecule has 0 radical (unpaired) electrons. The van der Waals surface area contributed by atoms with Crippen molar-refractivity contribution in [2.24, 2.45) is 0 Å². The number of anilines is 2. The van der Waals surface area contributed by atoms with Gasteiger partial charge < -0.3 is 4.90 Å². The molecule has 2 aliphatic rings. The van der Waals surface area contributed by atoms with Crippen LogP contribution in [0.5, 0.6) is 0 Å². The van der Waals surface area contributed by atoms with Crippen molar-refractivity contribution < 1.29 is 35.9 Å². The van der Waals surface area contributed by atoms with Crippen molar-refractivity contribution in [3.63, 3.8) is 0 Å². The standard InChI is InChI=1S/C25H16F6N2O2S/c26-24(27,28)16-10-8-15(9-11-16)13-32-20-7-2-1-6-19(20)23(22(32)35)33(21(34)14-36-23)18-5-3-4-17(12-18)25(29,30)31/h1-12H,13-14H2/t23-/m0/s1. The average Bonchev–Trinajstić information content (AvgIpc) is 3.29. The van der Waals surface area contributed by atoms with Crippen molar-refractivity contribution in [2.45, 2.75) is 23.8 Å². The molecule has 1 saturated heterocycles. The summed E-state index contributed by atoms with van der Waals surface area (Å²) in [5.41, 5.74) is -0.581. The number of carbonyl (C=O) groups is 2. The molecule has 0 saturated carbocycles. The molecule has 0 bridgehead atoms. The predicted octanol–water partition coefficient (Wildman–Crippen LogP) is 6.20. The van der Waals surface area contributed by atoms with Gasteiger partial charge in [-0.05, 0) is 42.0 Å². The van der Waals surface area contributed by atoms with Crippen LogP contribution in [-0.4, -0.2) is 17.6 Å². The highest BCUT2D eigenvalue weighted by molar-refractivity contribution is 8.02. The second kappa shape index (κ2) is 8.29. The molecule has 1 spiro atoms. The van der Waals surface area contributed by atoms with Crippen LogP contribution in [0.2, 0.25) is 0 Å². The van der Waals surface area contributed by atoms with Crippen LogP contribution in [0.15, 0.2) is 72.8 Å². The Kier molecular flexibility index (Phi) is 5.58. The van der Waals surface area contributed by atoms with Crippen LogP contribution >= 0.6 is 11.8 Å². The first kappa shape index (κ1) is 24.2. The third-order valence-electron chi connectivity index (χ3n) is 6.12. The van der Waals surface area contributed by atoms with Gasteiger partial charge in [-0.15, -0.1) is 11.8 Å². The summed E-state index contributed by atoms with van der Waals surface area (Å²) in [5.74, 6) is -1.22. The molecule has 0 aliphatic carbocycles. The molecule has 2 heterocycles. The van der Waals surface area contributed by atoms with E-state index in [2.05, 4.69) is 0 Å². The minimum Gasteiger partial charge on any atom is -0.304 e. The number of amides is 2. The number of benzene rings is 3. The lowest BCUT2D eigenvalue weighted by Crippen LogP contribution is -2.49. The van der Waals surface area contributed by atoms with Crippen LogP contribution in [0.3, 0.4) is 0 Å². The molecule has 1 fully saturated rings. The van der Waals surface area contributed by atoms with E-state index in [4.69, 9.17) is 0 Å². The molecule has 0 N–H and O–H groups in total. The number of alkyl halides is 6. The quantitative estimate of drug-likeness (QED) is 0.385. The smallest absolute Gasteiger partial charge is 0.304 e. The number of para-hydroxylation sites is 1. The summed E-state index contributed by atoms with van der Waals surface area (Å²) in [6, 6.07) is 15.2. The molecule has 2 amide bonds. The Bertz CT molecular complexity index is 1360. The van der Waals surface area contributed by atoms with E-state index in [0.717, 1.165) is 40.9 Å². The zero-order chi connectivity index (χ0) is 25.9. The third kappa shape index (κ3) is 3.82. The monoisotopic (exact) mass is 522 g/mol. The van der Waals surface area contributed by atoms with E-state index < -0.39 is 40.2 Å². The lowest BCUT2D eigenvalue weighted by molar-refractivity contribution is -0.138. The Morgan fingerprint density at radius 3 is 2.14 bits per heavy atom. The van der Waals surface area contributed by atoms with E-state index in [1.54, 1.807) is 24.3 Å². The molecule has 5 rings (SSSR count). The highest BCUT2D eigenvalue weighted by Gasteiger charge is 2.61. The number of hydrogen-bond donors (Lipinski definition) is 0. The summed E-state index contributed by atoms with van der Waals surface area (Å²) in [4.78, 5) is 27.7. The number of thioether (sulfide) groups is 1. The van der Waals surface area contributed by atoms with Gasteiger partial charge in [-0.25, -0.2) is 0 Å². The molecule has 36 heavy (non-hydrogen) atoms. The van der Waals surface area contributed by atoms with Gasteiger partial charge in [-0.2, -0.15) is 26.3 Å². The summed E-state index contributed by atoms with van der Waals surface area (Å²) in [6.45, 7) is -0.0824. The Hall–Kier alpha value is -3.47. The van der Waals surface area contributed by atoms with Gasteiger partial charge in [0.05, 0.1) is 29.1 Å². The highest BCUT2D eigenvalue weighted by Crippen LogP contribution is 2.56. The fraction of sp³-hybridized carbons (Fsp3) is 0.200. The summed E-state index contributed by atoms with van der Waals surface area (Å²) < 4.78 is 79.0. The van der Waals surface area contributed by atoms with E-state index in [1.807, 2.05) is 0 Å². The van der Waals surface area contributed by atoms with E-state index in [9.17, 15) is 35.9 Å². The predicted molar refractivity (Wildman–Crippen MR) is 122 cm³/mol. The van der Waals surface area contributed by atoms with E-state index in [1.165, 1.54) is 29.2 Å². The zero-order valence-electron chi connectivity index (χ0n) is 18.2. The lowest BCUT2D eigenvalue weighted by atomic mass is 10.0. The second-order valence-electron chi connectivity index (χ2n) is 8.31. The van der Waals surface area contributed by atoms with Crippen molar-refractivity contribution >= 4 is 35.0 Å². The molecule has 3 aromatic carbocycles. The van der Waals surface area contributed by atoms with Crippen LogP contribution in [-0.2, 0) is 33.4 Å². The maximum atomic E-state index is 13.9. The number of nitrogens with zero attached hydrogens (tertiary/aromatic N) is 2. The van der Waals surface area contributed by atoms with E-state index in [0.29, 0.717) is 16.8 Å². The molecule has 0 aromatic heterocycles. The van der Waals surface area contributed by atoms with Gasteiger partial charge in [0.2, 0.25) is 10.8 Å². The highest BCUT2D eigenvalue weighted by atomic mass is 32.2. The van der Waals surface area contributed by atoms with Gasteiger partial charge in [0.15, 0.2) is 0 Å². The number of rotatable bonds is 3. The van der Waals surface area contributed by atoms with Crippen molar-refractivity contribution in [3.05, 3.63) is 95.1 Å². The number of hydrogen-bond acceptors (Lipinski definition) is 3. The normalized spacial score (nSPS) is 19.9. The molecule has 4 nitrogen and oxygen atoms in total. The molecular formula is C25H16F6N2O2S. The van der Waals surface area contributed by atoms with Crippen molar-refractivity contribution in [2.75, 3.05) is 15.6 Å². The van der Waals surface area contributed by atoms with E-state index >= 15 is 0 Å². The first-order chi connectivity index (χ1) is 16.9. The summed E-state index contributed by atoms with van der Waals surface area (Å²) in [5, 5.41) is 0. The Morgan fingerprint density at radius 1 is 0.806 bits per heavy atom. The summed E-state index contributed by atoms with van der Waals surface area (Å²) in [7, 11) is 0. The number of carbonyl (C=O) groups excluding carboxylic acids is 2. The molecular weight excluding hydrogens is 506 g/mol. The van der Waals surface area contributed by atoms with E-state index in [-0.39, 0.29) is 18.0 Å². The minimum absolute atomic E-state index is 0.0700. The van der Waals surface area contributed by atoms with Crippen molar-refractivity contribution in [1.82, 2.24) is 0 Å². The van der Waals surface area contributed by atoms with Crippen LogP contribution in [0.4, 0.5) is 37.7 Å². The maximum Gasteiger partial charge on any atom is 0.416 e. The van der Waals surface area contributed by atoms with Crippen LogP contribution in [0.1, 0.15) is 22.3 Å². The topological polar surface area (TPSA) is 40.6 Å². The molecule has 0 unspecified atom stereocenters. The first-order valence-corrected chi connectivity index (χ1v) is 11.6. The molecule has 3 aromatic rings. The SMILES string of the molecule is O=C1CS[C@@]2(C(=O)N(Cc3ccc(C(F)(F)F)cc3)c3ccccc32)N1c1cccc(C(F)(F)F)c1. The van der Waals surface area contributed by atoms with Gasteiger partial charge in [0.1, 0.15) is 0 Å². The van der Waals surface area contributed by atoms with Gasteiger partial charge in [0, 0.05) is 11.3 Å². The van der Waals surface area contributed by atoms with Gasteiger partial charge >= 0.3 is 12.4 Å². The largest absolute Gasteiger partial charge is 0.416 e. The molecule has 1 atom stereocenters. The number of halogens is 6. The fourth-order valence-electron chi connectivity index (χ4n) is 4.52. The van der Waals surface area contributed by atoms with Crippen LogP contribution in [0, 0.1) is 0 Å². The molecule has 186 valence electrons. The molecule has 11 heteroatoms. The first-order valence-electron chi connectivity index (χ1n) is 10.6. The fourth-order valence-corrected chi connectivity index (χ4v) is 5.87. The van der Waals surface area contributed by atoms with Gasteiger partial charge in [-0.1, -0.05) is 36.4 Å². The molecule has 2 aliphatic heterocycles. The summed E-state index contributed by atoms with van der Waals surface area (Å²) >= 11 is 1.00. The second-order valence-corrected chi connectivity index (χ2v) is 9.48. The van der Waals surface area contributed by atoms with Crippen LogP contribution in [0.25, 0.3) is 0 Å². The Balaban J connectivity index is 1.57. The summed E-state index contributed by atoms with van der Waals surface area (Å²) in [6.07, 6.45) is -9.16. The van der Waals surface area contributed by atoms with Crippen LogP contribution < -0.4 is 9.80 Å².